The van der Waals surface area contributed by atoms with Crippen molar-refractivity contribution < 1.29 is 19.1 Å². The van der Waals surface area contributed by atoms with Crippen LogP contribution in [0.25, 0.3) is 0 Å². The van der Waals surface area contributed by atoms with E-state index >= 15 is 0 Å². The highest BCUT2D eigenvalue weighted by molar-refractivity contribution is 9.10. The van der Waals surface area contributed by atoms with E-state index in [-0.39, 0.29) is 25.0 Å². The van der Waals surface area contributed by atoms with Crippen LogP contribution in [-0.2, 0) is 29.0 Å². The average Bonchev–Trinajstić information content (AvgIpc) is 3.37. The first kappa shape index (κ1) is 25.8. The Balaban J connectivity index is 1.57. The highest BCUT2D eigenvalue weighted by Crippen LogP contribution is 2.33. The summed E-state index contributed by atoms with van der Waals surface area (Å²) in [5, 5.41) is 3.01. The summed E-state index contributed by atoms with van der Waals surface area (Å²) in [6.07, 6.45) is 2.10. The van der Waals surface area contributed by atoms with Crippen LogP contribution in [0, 0.1) is 0 Å². The van der Waals surface area contributed by atoms with Crippen LogP contribution in [0.3, 0.4) is 0 Å². The molecule has 0 saturated heterocycles. The normalized spacial score (nSPS) is 12.7. The molecule has 0 spiro atoms. The van der Waals surface area contributed by atoms with Gasteiger partial charge in [0, 0.05) is 30.4 Å². The van der Waals surface area contributed by atoms with Gasteiger partial charge in [0.1, 0.15) is 6.04 Å². The number of ether oxygens (including phenoxy) is 2. The zero-order valence-corrected chi connectivity index (χ0v) is 22.0. The average molecular weight is 551 g/mol. The summed E-state index contributed by atoms with van der Waals surface area (Å²) in [6.45, 7) is 3.15. The number of fused-ring (bicyclic) bond motifs is 1. The van der Waals surface area contributed by atoms with E-state index in [0.717, 1.165) is 33.3 Å². The van der Waals surface area contributed by atoms with Gasteiger partial charge in [-0.25, -0.2) is 0 Å². The molecule has 4 rings (SSSR count). The zero-order valence-electron chi connectivity index (χ0n) is 20.4. The number of aryl methyl sites for hydroxylation is 1. The molecule has 0 aromatic heterocycles. The van der Waals surface area contributed by atoms with Gasteiger partial charge >= 0.3 is 0 Å². The molecule has 2 amide bonds. The summed E-state index contributed by atoms with van der Waals surface area (Å²) in [4.78, 5) is 28.8. The number of amides is 2. The number of carbonyl (C=O) groups is 2. The Morgan fingerprint density at radius 2 is 1.67 bits per heavy atom. The maximum Gasteiger partial charge on any atom is 0.243 e. The second-order valence-corrected chi connectivity index (χ2v) is 9.75. The topological polar surface area (TPSA) is 67.9 Å². The molecule has 1 N–H and O–H groups in total. The third-order valence-electron chi connectivity index (χ3n) is 6.15. The van der Waals surface area contributed by atoms with Gasteiger partial charge in [-0.05, 0) is 53.8 Å². The first-order valence-corrected chi connectivity index (χ1v) is 13.1. The molecule has 7 heteroatoms. The predicted octanol–water partition coefficient (Wildman–Crippen LogP) is 5.28. The summed E-state index contributed by atoms with van der Waals surface area (Å²) in [7, 11) is 0. The molecule has 1 aliphatic heterocycles. The van der Waals surface area contributed by atoms with Gasteiger partial charge in [0.05, 0.1) is 0 Å². The molecule has 188 valence electrons. The molecule has 3 aromatic rings. The minimum Gasteiger partial charge on any atom is -0.454 e. The molecule has 1 atom stereocenters. The number of hydrogen-bond acceptors (Lipinski definition) is 4. The Morgan fingerprint density at radius 3 is 2.42 bits per heavy atom. The minimum atomic E-state index is -0.619. The Morgan fingerprint density at radius 1 is 0.944 bits per heavy atom. The highest BCUT2D eigenvalue weighted by Gasteiger charge is 2.30. The lowest BCUT2D eigenvalue weighted by Crippen LogP contribution is -2.50. The molecule has 6 nitrogen and oxygen atoms in total. The molecule has 36 heavy (non-hydrogen) atoms. The Hall–Kier alpha value is -3.32. The fourth-order valence-electron chi connectivity index (χ4n) is 4.20. The number of benzene rings is 3. The summed E-state index contributed by atoms with van der Waals surface area (Å²) >= 11 is 3.47. The lowest BCUT2D eigenvalue weighted by molar-refractivity contribution is -0.141. The van der Waals surface area contributed by atoms with Gasteiger partial charge in [0.2, 0.25) is 18.6 Å². The summed E-state index contributed by atoms with van der Waals surface area (Å²) in [5.41, 5.74) is 2.97. The molecule has 0 aliphatic carbocycles. The molecule has 0 saturated carbocycles. The van der Waals surface area contributed by atoms with E-state index in [0.29, 0.717) is 31.7 Å². The number of halogens is 1. The van der Waals surface area contributed by atoms with Crippen LogP contribution in [0.4, 0.5) is 0 Å². The van der Waals surface area contributed by atoms with E-state index in [1.807, 2.05) is 79.7 Å². The molecule has 1 unspecified atom stereocenters. The largest absolute Gasteiger partial charge is 0.454 e. The van der Waals surface area contributed by atoms with E-state index in [1.54, 1.807) is 4.90 Å². The highest BCUT2D eigenvalue weighted by atomic mass is 79.9. The Kier molecular flexibility index (Phi) is 9.01. The van der Waals surface area contributed by atoms with E-state index in [4.69, 9.17) is 9.47 Å². The minimum absolute atomic E-state index is 0.0665. The lowest BCUT2D eigenvalue weighted by Gasteiger charge is -2.31. The summed E-state index contributed by atoms with van der Waals surface area (Å²) in [5.74, 6) is 1.22. The predicted molar refractivity (Wildman–Crippen MR) is 143 cm³/mol. The molecule has 0 fully saturated rings. The molecule has 0 radical (unpaired) electrons. The Bertz CT molecular complexity index is 1170. The fourth-order valence-corrected chi connectivity index (χ4v) is 4.46. The smallest absolute Gasteiger partial charge is 0.243 e. The van der Waals surface area contributed by atoms with E-state index in [2.05, 4.69) is 21.2 Å². The zero-order chi connectivity index (χ0) is 25.3. The van der Waals surface area contributed by atoms with Crippen LogP contribution in [0.15, 0.2) is 77.3 Å². The van der Waals surface area contributed by atoms with Crippen molar-refractivity contribution in [1.82, 2.24) is 10.2 Å². The van der Waals surface area contributed by atoms with Crippen LogP contribution < -0.4 is 14.8 Å². The number of hydrogen-bond donors (Lipinski definition) is 1. The SMILES string of the molecule is CCCNC(=O)C(Cc1ccccc1)N(Cc1ccc(Br)cc1)C(=O)CCc1ccc2c(c1)OCO2. The monoisotopic (exact) mass is 550 g/mol. The first-order chi connectivity index (χ1) is 17.5. The fraction of sp³-hybridized carbons (Fsp3) is 0.310. The maximum absolute atomic E-state index is 13.7. The summed E-state index contributed by atoms with van der Waals surface area (Å²) in [6, 6.07) is 22.8. The van der Waals surface area contributed by atoms with Crippen molar-refractivity contribution in [3.8, 4) is 11.5 Å². The number of carbonyl (C=O) groups excluding carboxylic acids is 2. The molecular weight excluding hydrogens is 520 g/mol. The van der Waals surface area contributed by atoms with Crippen molar-refractivity contribution >= 4 is 27.7 Å². The van der Waals surface area contributed by atoms with E-state index < -0.39 is 6.04 Å². The van der Waals surface area contributed by atoms with E-state index in [1.165, 1.54) is 0 Å². The first-order valence-electron chi connectivity index (χ1n) is 12.3. The molecule has 3 aromatic carbocycles. The molecule has 0 bridgehead atoms. The van der Waals surface area contributed by atoms with Gasteiger partial charge in [-0.15, -0.1) is 0 Å². The van der Waals surface area contributed by atoms with Gasteiger partial charge in [-0.1, -0.05) is 71.4 Å². The van der Waals surface area contributed by atoms with Crippen LogP contribution in [-0.4, -0.2) is 36.1 Å². The van der Waals surface area contributed by atoms with Gasteiger partial charge < -0.3 is 19.7 Å². The van der Waals surface area contributed by atoms with Crippen LogP contribution in [0.2, 0.25) is 0 Å². The third-order valence-corrected chi connectivity index (χ3v) is 6.68. The van der Waals surface area contributed by atoms with Crippen molar-refractivity contribution in [2.75, 3.05) is 13.3 Å². The van der Waals surface area contributed by atoms with Crippen molar-refractivity contribution in [1.29, 1.82) is 0 Å². The second kappa shape index (κ2) is 12.6. The quantitative estimate of drug-likeness (QED) is 0.353. The van der Waals surface area contributed by atoms with Crippen LogP contribution in [0.1, 0.15) is 36.5 Å². The van der Waals surface area contributed by atoms with Crippen LogP contribution >= 0.6 is 15.9 Å². The van der Waals surface area contributed by atoms with Gasteiger partial charge in [-0.3, -0.25) is 9.59 Å². The molecule has 1 heterocycles. The number of nitrogens with zero attached hydrogens (tertiary/aromatic N) is 1. The molecular formula is C29H31BrN2O4. The van der Waals surface area contributed by atoms with Gasteiger partial charge in [0.25, 0.3) is 0 Å². The van der Waals surface area contributed by atoms with Gasteiger partial charge in [0.15, 0.2) is 11.5 Å². The second-order valence-electron chi connectivity index (χ2n) is 8.83. The Labute approximate surface area is 220 Å². The van der Waals surface area contributed by atoms with Crippen molar-refractivity contribution in [2.24, 2.45) is 0 Å². The van der Waals surface area contributed by atoms with Crippen LogP contribution in [0.5, 0.6) is 11.5 Å². The van der Waals surface area contributed by atoms with Gasteiger partial charge in [-0.2, -0.15) is 0 Å². The number of nitrogens with one attached hydrogen (secondary N) is 1. The summed E-state index contributed by atoms with van der Waals surface area (Å²) < 4.78 is 11.8. The van der Waals surface area contributed by atoms with Crippen molar-refractivity contribution in [2.45, 2.75) is 45.2 Å². The standard InChI is InChI=1S/C29H31BrN2O4/c1-2-16-31-29(34)25(17-21-6-4-3-5-7-21)32(19-23-8-12-24(30)13-9-23)28(33)15-11-22-10-14-26-27(18-22)36-20-35-26/h3-10,12-14,18,25H,2,11,15-17,19-20H2,1H3,(H,31,34). The molecule has 1 aliphatic rings. The van der Waals surface area contributed by atoms with E-state index in [9.17, 15) is 9.59 Å². The van der Waals surface area contributed by atoms with Crippen molar-refractivity contribution in [3.05, 3.63) is 94.0 Å². The number of rotatable bonds is 11. The lowest BCUT2D eigenvalue weighted by atomic mass is 10.0. The maximum atomic E-state index is 13.7. The third kappa shape index (κ3) is 6.88. The van der Waals surface area contributed by atoms with Crippen molar-refractivity contribution in [3.63, 3.8) is 0 Å².